The molecule has 0 atom stereocenters. The molecule has 0 saturated carbocycles. The van der Waals surface area contributed by atoms with Crippen LogP contribution in [0.3, 0.4) is 0 Å². The molecule has 1 saturated heterocycles. The summed E-state index contributed by atoms with van der Waals surface area (Å²) in [4.78, 5) is 17.8. The van der Waals surface area contributed by atoms with Crippen molar-refractivity contribution in [3.8, 4) is 5.82 Å². The lowest BCUT2D eigenvalue weighted by Crippen LogP contribution is -2.51. The molecule has 3 aromatic rings. The third kappa shape index (κ3) is 4.51. The Labute approximate surface area is 175 Å². The summed E-state index contributed by atoms with van der Waals surface area (Å²) in [6.07, 6.45) is 5.50. The maximum absolute atomic E-state index is 6.23. The molecule has 1 aliphatic rings. The Morgan fingerprint density at radius 2 is 1.83 bits per heavy atom. The highest BCUT2D eigenvalue weighted by Crippen LogP contribution is 2.19. The van der Waals surface area contributed by atoms with Crippen molar-refractivity contribution in [1.29, 1.82) is 0 Å². The van der Waals surface area contributed by atoms with Gasteiger partial charge in [-0.2, -0.15) is 0 Å². The van der Waals surface area contributed by atoms with Crippen molar-refractivity contribution in [3.63, 3.8) is 0 Å². The number of rotatable bonds is 4. The topological polar surface area (TPSA) is 75.6 Å². The van der Waals surface area contributed by atoms with Gasteiger partial charge in [-0.05, 0) is 42.8 Å². The summed E-state index contributed by atoms with van der Waals surface area (Å²) in [7, 11) is 0. The lowest BCUT2D eigenvalue weighted by atomic mass is 10.2. The molecular weight excluding hydrogens is 386 g/mol. The van der Waals surface area contributed by atoms with Crippen LogP contribution in [0.1, 0.15) is 11.4 Å². The number of pyridine rings is 1. The van der Waals surface area contributed by atoms with Crippen LogP contribution in [0.5, 0.6) is 0 Å². The minimum Gasteiger partial charge on any atom is -0.370 e. The number of aromatic nitrogens is 3. The zero-order valence-corrected chi connectivity index (χ0v) is 17.1. The van der Waals surface area contributed by atoms with Crippen LogP contribution in [0.2, 0.25) is 5.02 Å². The second kappa shape index (κ2) is 8.53. The van der Waals surface area contributed by atoms with Crippen LogP contribution in [0.4, 0.5) is 5.69 Å². The number of imidazole rings is 1. The maximum Gasteiger partial charge on any atom is 0.191 e. The van der Waals surface area contributed by atoms with Crippen molar-refractivity contribution in [3.05, 3.63) is 71.4 Å². The van der Waals surface area contributed by atoms with Crippen LogP contribution >= 0.6 is 11.6 Å². The van der Waals surface area contributed by atoms with Gasteiger partial charge in [0.2, 0.25) is 0 Å². The molecule has 2 aromatic heterocycles. The van der Waals surface area contributed by atoms with Gasteiger partial charge in [0.15, 0.2) is 5.96 Å². The van der Waals surface area contributed by atoms with Gasteiger partial charge in [0.1, 0.15) is 11.6 Å². The van der Waals surface area contributed by atoms with E-state index < -0.39 is 0 Å². The molecule has 1 aromatic carbocycles. The standard InChI is InChI=1S/C21H24ClN7/c1-16-24-8-9-29(16)20-7-2-17(14-25-20)15-26-21(23)28-12-10-27(11-13-28)19-5-3-18(22)4-6-19/h2-9,14H,10-13,15H2,1H3,(H2,23,26). The number of anilines is 1. The molecule has 1 fully saturated rings. The van der Waals surface area contributed by atoms with Crippen LogP contribution in [-0.4, -0.2) is 51.6 Å². The summed E-state index contributed by atoms with van der Waals surface area (Å²) in [5.41, 5.74) is 8.44. The summed E-state index contributed by atoms with van der Waals surface area (Å²) in [6.45, 7) is 5.95. The van der Waals surface area contributed by atoms with Crippen molar-refractivity contribution in [1.82, 2.24) is 19.4 Å². The van der Waals surface area contributed by atoms with E-state index in [2.05, 4.69) is 36.9 Å². The van der Waals surface area contributed by atoms with Crippen LogP contribution in [0.15, 0.2) is 60.0 Å². The van der Waals surface area contributed by atoms with Gasteiger partial charge >= 0.3 is 0 Å². The Morgan fingerprint density at radius 1 is 1.07 bits per heavy atom. The molecule has 29 heavy (non-hydrogen) atoms. The molecule has 0 bridgehead atoms. The molecule has 3 heterocycles. The second-order valence-electron chi connectivity index (χ2n) is 6.99. The largest absolute Gasteiger partial charge is 0.370 e. The number of hydrogen-bond donors (Lipinski definition) is 1. The number of benzene rings is 1. The Kier molecular flexibility index (Phi) is 5.67. The number of piperazine rings is 1. The van der Waals surface area contributed by atoms with E-state index in [4.69, 9.17) is 17.3 Å². The second-order valence-corrected chi connectivity index (χ2v) is 7.43. The Hall–Kier alpha value is -3.06. The molecule has 2 N–H and O–H groups in total. The number of nitrogens with zero attached hydrogens (tertiary/aromatic N) is 6. The van der Waals surface area contributed by atoms with Gasteiger partial charge in [0.25, 0.3) is 0 Å². The van der Waals surface area contributed by atoms with E-state index in [1.165, 1.54) is 5.69 Å². The molecule has 1 aliphatic heterocycles. The normalized spacial score (nSPS) is 15.0. The molecule has 4 rings (SSSR count). The summed E-state index contributed by atoms with van der Waals surface area (Å²) < 4.78 is 1.95. The first-order valence-electron chi connectivity index (χ1n) is 9.61. The Bertz CT molecular complexity index is 971. The average molecular weight is 410 g/mol. The first-order valence-corrected chi connectivity index (χ1v) is 9.98. The lowest BCUT2D eigenvalue weighted by molar-refractivity contribution is 0.380. The number of hydrogen-bond acceptors (Lipinski definition) is 4. The number of nitrogens with two attached hydrogens (primary N) is 1. The quantitative estimate of drug-likeness (QED) is 0.529. The first-order chi connectivity index (χ1) is 14.1. The van der Waals surface area contributed by atoms with Gasteiger partial charge in [0.05, 0.1) is 6.54 Å². The van der Waals surface area contributed by atoms with Gasteiger partial charge in [-0.3, -0.25) is 4.57 Å². The Morgan fingerprint density at radius 3 is 2.45 bits per heavy atom. The summed E-state index contributed by atoms with van der Waals surface area (Å²) >= 11 is 5.97. The minimum absolute atomic E-state index is 0.513. The predicted molar refractivity (Wildman–Crippen MR) is 117 cm³/mol. The predicted octanol–water partition coefficient (Wildman–Crippen LogP) is 2.87. The third-order valence-electron chi connectivity index (χ3n) is 5.10. The fourth-order valence-electron chi connectivity index (χ4n) is 3.39. The average Bonchev–Trinajstić information content (AvgIpc) is 3.19. The fourth-order valence-corrected chi connectivity index (χ4v) is 3.52. The van der Waals surface area contributed by atoms with E-state index in [0.29, 0.717) is 12.5 Å². The van der Waals surface area contributed by atoms with E-state index in [-0.39, 0.29) is 0 Å². The summed E-state index contributed by atoms with van der Waals surface area (Å²) in [5, 5.41) is 0.756. The molecule has 0 unspecified atom stereocenters. The molecule has 0 amide bonds. The maximum atomic E-state index is 6.23. The van der Waals surface area contributed by atoms with Crippen LogP contribution in [-0.2, 0) is 6.54 Å². The van der Waals surface area contributed by atoms with E-state index in [0.717, 1.165) is 48.4 Å². The number of guanidine groups is 1. The first kappa shape index (κ1) is 19.3. The molecular formula is C21H24ClN7. The molecule has 0 radical (unpaired) electrons. The smallest absolute Gasteiger partial charge is 0.191 e. The van der Waals surface area contributed by atoms with Crippen molar-refractivity contribution in [2.24, 2.45) is 10.7 Å². The van der Waals surface area contributed by atoms with Crippen molar-refractivity contribution >= 4 is 23.2 Å². The van der Waals surface area contributed by atoms with Gasteiger partial charge in [-0.15, -0.1) is 0 Å². The summed E-state index contributed by atoms with van der Waals surface area (Å²) in [5.74, 6) is 2.33. The number of aliphatic imine (C=N–C) groups is 1. The van der Waals surface area contributed by atoms with Gasteiger partial charge in [-0.25, -0.2) is 15.0 Å². The molecule has 0 spiro atoms. The third-order valence-corrected chi connectivity index (χ3v) is 5.35. The SMILES string of the molecule is Cc1nccn1-c1ccc(CN=C(N)N2CCN(c3ccc(Cl)cc3)CC2)cn1. The van der Waals surface area contributed by atoms with E-state index in [1.54, 1.807) is 6.20 Å². The summed E-state index contributed by atoms with van der Waals surface area (Å²) in [6, 6.07) is 11.9. The van der Waals surface area contributed by atoms with Gasteiger partial charge < -0.3 is 15.5 Å². The van der Waals surface area contributed by atoms with Crippen molar-refractivity contribution in [2.75, 3.05) is 31.1 Å². The highest BCUT2D eigenvalue weighted by molar-refractivity contribution is 6.30. The van der Waals surface area contributed by atoms with Gasteiger partial charge in [0, 0.05) is 55.5 Å². The van der Waals surface area contributed by atoms with E-state index in [9.17, 15) is 0 Å². The van der Waals surface area contributed by atoms with E-state index in [1.807, 2.05) is 48.1 Å². The molecule has 8 heteroatoms. The minimum atomic E-state index is 0.513. The lowest BCUT2D eigenvalue weighted by Gasteiger charge is -2.36. The molecule has 150 valence electrons. The number of halogens is 1. The van der Waals surface area contributed by atoms with Crippen LogP contribution < -0.4 is 10.6 Å². The highest BCUT2D eigenvalue weighted by atomic mass is 35.5. The van der Waals surface area contributed by atoms with Crippen LogP contribution in [0, 0.1) is 6.92 Å². The van der Waals surface area contributed by atoms with Crippen molar-refractivity contribution in [2.45, 2.75) is 13.5 Å². The van der Waals surface area contributed by atoms with Crippen LogP contribution in [0.25, 0.3) is 5.82 Å². The highest BCUT2D eigenvalue weighted by Gasteiger charge is 2.18. The molecule has 0 aliphatic carbocycles. The van der Waals surface area contributed by atoms with Crippen molar-refractivity contribution < 1.29 is 0 Å². The zero-order chi connectivity index (χ0) is 20.2. The fraction of sp³-hybridized carbons (Fsp3) is 0.286. The van der Waals surface area contributed by atoms with Gasteiger partial charge in [-0.1, -0.05) is 17.7 Å². The Balaban J connectivity index is 1.32. The zero-order valence-electron chi connectivity index (χ0n) is 16.4. The molecule has 7 nitrogen and oxygen atoms in total. The monoisotopic (exact) mass is 409 g/mol. The van der Waals surface area contributed by atoms with E-state index >= 15 is 0 Å². The number of aryl methyl sites for hydroxylation is 1.